The maximum Gasteiger partial charge on any atom is 0.223 e. The molecule has 0 bridgehead atoms. The van der Waals surface area contributed by atoms with Gasteiger partial charge >= 0.3 is 0 Å². The third-order valence-corrected chi connectivity index (χ3v) is 3.49. The molecule has 2 heterocycles. The lowest BCUT2D eigenvalue weighted by molar-refractivity contribution is -0.131. The average Bonchev–Trinajstić information content (AvgIpc) is 2.82. The van der Waals surface area contributed by atoms with Crippen LogP contribution in [0.15, 0.2) is 35.5 Å². The molecule has 4 nitrogen and oxygen atoms in total. The number of aryl methyl sites for hydroxylation is 1. The van der Waals surface area contributed by atoms with Crippen LogP contribution in [0.2, 0.25) is 0 Å². The molecule has 0 spiro atoms. The molecule has 1 aromatic rings. The third-order valence-electron chi connectivity index (χ3n) is 3.49. The lowest BCUT2D eigenvalue weighted by Gasteiger charge is -2.21. The van der Waals surface area contributed by atoms with Crippen molar-refractivity contribution in [2.24, 2.45) is 0 Å². The van der Waals surface area contributed by atoms with Gasteiger partial charge in [-0.15, -0.1) is 6.58 Å². The lowest BCUT2D eigenvalue weighted by Crippen LogP contribution is -2.35. The first kappa shape index (κ1) is 13.9. The largest absolute Gasteiger partial charge is 0.469 e. The van der Waals surface area contributed by atoms with Crippen LogP contribution >= 0.6 is 0 Å². The second-order valence-electron chi connectivity index (χ2n) is 4.90. The zero-order chi connectivity index (χ0) is 13.5. The van der Waals surface area contributed by atoms with Gasteiger partial charge in [0.15, 0.2) is 0 Å². The first-order valence-electron chi connectivity index (χ1n) is 6.93. The highest BCUT2D eigenvalue weighted by Gasteiger charge is 2.18. The van der Waals surface area contributed by atoms with Gasteiger partial charge in [-0.05, 0) is 18.6 Å². The highest BCUT2D eigenvalue weighted by molar-refractivity contribution is 5.76. The minimum absolute atomic E-state index is 0.233. The van der Waals surface area contributed by atoms with E-state index in [1.165, 1.54) is 0 Å². The van der Waals surface area contributed by atoms with Gasteiger partial charge in [0, 0.05) is 45.6 Å². The normalized spacial score (nSPS) is 17.2. The van der Waals surface area contributed by atoms with Crippen LogP contribution in [0.1, 0.15) is 18.6 Å². The van der Waals surface area contributed by atoms with E-state index in [9.17, 15) is 4.79 Å². The molecule has 0 atom stereocenters. The Kier molecular flexibility index (Phi) is 5.21. The molecule has 2 rings (SSSR count). The van der Waals surface area contributed by atoms with Crippen molar-refractivity contribution in [1.82, 2.24) is 9.80 Å². The number of hydrogen-bond donors (Lipinski definition) is 0. The molecule has 1 fully saturated rings. The topological polar surface area (TPSA) is 36.7 Å². The number of carbonyl (C=O) groups is 1. The van der Waals surface area contributed by atoms with Crippen LogP contribution in [0, 0.1) is 0 Å². The summed E-state index contributed by atoms with van der Waals surface area (Å²) in [6.45, 7) is 8.36. The Labute approximate surface area is 114 Å². The molecule has 0 aromatic carbocycles. The maximum atomic E-state index is 12.2. The number of carbonyl (C=O) groups excluding carboxylic acids is 1. The van der Waals surface area contributed by atoms with Crippen LogP contribution in [0.4, 0.5) is 0 Å². The van der Waals surface area contributed by atoms with E-state index in [1.807, 2.05) is 23.1 Å². The summed E-state index contributed by atoms with van der Waals surface area (Å²) in [5.74, 6) is 1.12. The molecule has 1 aliphatic heterocycles. The molecule has 1 amide bonds. The van der Waals surface area contributed by atoms with Gasteiger partial charge < -0.3 is 9.32 Å². The van der Waals surface area contributed by atoms with Gasteiger partial charge in [-0.3, -0.25) is 9.69 Å². The first-order chi connectivity index (χ1) is 9.29. The molecule has 1 aromatic heterocycles. The average molecular weight is 262 g/mol. The Morgan fingerprint density at radius 2 is 2.26 bits per heavy atom. The van der Waals surface area contributed by atoms with Crippen molar-refractivity contribution < 1.29 is 9.21 Å². The first-order valence-corrected chi connectivity index (χ1v) is 6.93. The van der Waals surface area contributed by atoms with Gasteiger partial charge in [-0.1, -0.05) is 6.08 Å². The smallest absolute Gasteiger partial charge is 0.223 e. The third kappa shape index (κ3) is 4.24. The fourth-order valence-corrected chi connectivity index (χ4v) is 2.43. The van der Waals surface area contributed by atoms with Crippen molar-refractivity contribution in [2.75, 3.05) is 32.7 Å². The maximum absolute atomic E-state index is 12.2. The van der Waals surface area contributed by atoms with Crippen LogP contribution in [0.3, 0.4) is 0 Å². The van der Waals surface area contributed by atoms with E-state index >= 15 is 0 Å². The van der Waals surface area contributed by atoms with Gasteiger partial charge in [0.25, 0.3) is 0 Å². The van der Waals surface area contributed by atoms with Crippen LogP contribution in [0.25, 0.3) is 0 Å². The predicted octanol–water partition coefficient (Wildman–Crippen LogP) is 1.93. The summed E-state index contributed by atoms with van der Waals surface area (Å²) in [5.41, 5.74) is 0. The summed E-state index contributed by atoms with van der Waals surface area (Å²) < 4.78 is 5.25. The van der Waals surface area contributed by atoms with Crippen molar-refractivity contribution in [1.29, 1.82) is 0 Å². The summed E-state index contributed by atoms with van der Waals surface area (Å²) in [7, 11) is 0. The molecule has 104 valence electrons. The van der Waals surface area contributed by atoms with Crippen molar-refractivity contribution in [3.8, 4) is 0 Å². The van der Waals surface area contributed by atoms with E-state index < -0.39 is 0 Å². The summed E-state index contributed by atoms with van der Waals surface area (Å²) in [4.78, 5) is 16.5. The molecule has 0 saturated carbocycles. The minimum Gasteiger partial charge on any atom is -0.469 e. The fourth-order valence-electron chi connectivity index (χ4n) is 2.43. The van der Waals surface area contributed by atoms with Crippen molar-refractivity contribution in [3.63, 3.8) is 0 Å². The Morgan fingerprint density at radius 1 is 1.37 bits per heavy atom. The van der Waals surface area contributed by atoms with Crippen LogP contribution in [0.5, 0.6) is 0 Å². The van der Waals surface area contributed by atoms with Crippen molar-refractivity contribution in [2.45, 2.75) is 19.3 Å². The molecule has 0 aliphatic carbocycles. The van der Waals surface area contributed by atoms with Gasteiger partial charge in [0.1, 0.15) is 5.76 Å². The quantitative estimate of drug-likeness (QED) is 0.761. The van der Waals surface area contributed by atoms with E-state index in [1.54, 1.807) is 6.26 Å². The molecule has 0 unspecified atom stereocenters. The highest BCUT2D eigenvalue weighted by atomic mass is 16.3. The zero-order valence-electron chi connectivity index (χ0n) is 11.4. The Morgan fingerprint density at radius 3 is 3.00 bits per heavy atom. The summed E-state index contributed by atoms with van der Waals surface area (Å²) in [6.07, 6.45) is 5.85. The van der Waals surface area contributed by atoms with Crippen molar-refractivity contribution in [3.05, 3.63) is 36.8 Å². The van der Waals surface area contributed by atoms with Gasteiger partial charge in [0.2, 0.25) is 5.91 Å². The van der Waals surface area contributed by atoms with E-state index in [-0.39, 0.29) is 5.91 Å². The number of rotatable bonds is 5. The molecule has 1 saturated heterocycles. The zero-order valence-corrected chi connectivity index (χ0v) is 11.4. The minimum atomic E-state index is 0.233. The molecule has 1 aliphatic rings. The molecular weight excluding hydrogens is 240 g/mol. The standard InChI is InChI=1S/C15H22N2O2/c1-2-8-16-9-4-10-17(12-11-16)15(18)7-6-14-5-3-13-19-14/h2-3,5,13H,1,4,6-12H2. The second kappa shape index (κ2) is 7.14. The van der Waals surface area contributed by atoms with Crippen LogP contribution in [-0.4, -0.2) is 48.4 Å². The summed E-state index contributed by atoms with van der Waals surface area (Å²) in [6, 6.07) is 3.78. The molecule has 19 heavy (non-hydrogen) atoms. The lowest BCUT2D eigenvalue weighted by atomic mass is 10.2. The monoisotopic (exact) mass is 262 g/mol. The molecule has 0 radical (unpaired) electrons. The molecule has 4 heteroatoms. The van der Waals surface area contributed by atoms with Gasteiger partial charge in [-0.25, -0.2) is 0 Å². The Balaban J connectivity index is 1.77. The fraction of sp³-hybridized carbons (Fsp3) is 0.533. The number of furan rings is 1. The van der Waals surface area contributed by atoms with Crippen LogP contribution < -0.4 is 0 Å². The van der Waals surface area contributed by atoms with E-state index in [2.05, 4.69) is 11.5 Å². The SMILES string of the molecule is C=CCN1CCCN(C(=O)CCc2ccco2)CC1. The predicted molar refractivity (Wildman–Crippen MR) is 74.9 cm³/mol. The van der Waals surface area contributed by atoms with Crippen molar-refractivity contribution >= 4 is 5.91 Å². The summed E-state index contributed by atoms with van der Waals surface area (Å²) >= 11 is 0. The van der Waals surface area contributed by atoms with Gasteiger partial charge in [0.05, 0.1) is 6.26 Å². The Hall–Kier alpha value is -1.55. The molecule has 0 N–H and O–H groups in total. The second-order valence-corrected chi connectivity index (χ2v) is 4.90. The molecular formula is C15H22N2O2. The van der Waals surface area contributed by atoms with Gasteiger partial charge in [-0.2, -0.15) is 0 Å². The number of nitrogens with zero attached hydrogens (tertiary/aromatic N) is 2. The Bertz CT molecular complexity index is 400. The van der Waals surface area contributed by atoms with E-state index in [0.29, 0.717) is 12.8 Å². The summed E-state index contributed by atoms with van der Waals surface area (Å²) in [5, 5.41) is 0. The highest BCUT2D eigenvalue weighted by Crippen LogP contribution is 2.08. The van der Waals surface area contributed by atoms with Crippen LogP contribution in [-0.2, 0) is 11.2 Å². The number of hydrogen-bond acceptors (Lipinski definition) is 3. The van der Waals surface area contributed by atoms with E-state index in [0.717, 1.165) is 44.9 Å². The number of amides is 1. The van der Waals surface area contributed by atoms with E-state index in [4.69, 9.17) is 4.42 Å².